The van der Waals surface area contributed by atoms with E-state index in [9.17, 15) is 4.79 Å². The van der Waals surface area contributed by atoms with Crippen molar-refractivity contribution < 1.29 is 14.3 Å². The van der Waals surface area contributed by atoms with Crippen LogP contribution in [0.3, 0.4) is 0 Å². The molecule has 0 aliphatic carbocycles. The molecule has 3 aromatic rings. The lowest BCUT2D eigenvalue weighted by atomic mass is 9.90. The maximum atomic E-state index is 12.4. The predicted octanol–water partition coefficient (Wildman–Crippen LogP) is 4.02. The Morgan fingerprint density at radius 1 is 1.19 bits per heavy atom. The number of carbonyl (C=O) groups excluding carboxylic acids is 1. The molecular weight excluding hydrogens is 366 g/mol. The van der Waals surface area contributed by atoms with E-state index in [0.717, 1.165) is 16.9 Å². The van der Waals surface area contributed by atoms with Crippen LogP contribution in [0.5, 0.6) is 11.5 Å². The second-order valence-electron chi connectivity index (χ2n) is 6.25. The molecule has 1 aromatic heterocycles. The first-order valence-electron chi connectivity index (χ1n) is 8.45. The average Bonchev–Trinajstić information content (AvgIpc) is 3.10. The van der Waals surface area contributed by atoms with Gasteiger partial charge >= 0.3 is 0 Å². The summed E-state index contributed by atoms with van der Waals surface area (Å²) in [5, 5.41) is 3.58. The van der Waals surface area contributed by atoms with Crippen molar-refractivity contribution in [1.29, 1.82) is 0 Å². The standard InChI is InChI=1S/C20H18ClN3O3/c1-26-14-6-7-17(27-2)16(9-14)24-11-22-19-15(10-18(25)23-20(19)24)12-4-3-5-13(21)8-12/h3-9,11,15H,10H2,1-2H3,(H,23,25)/t15-/m0/s1. The largest absolute Gasteiger partial charge is 0.497 e. The Morgan fingerprint density at radius 3 is 2.78 bits per heavy atom. The number of halogens is 1. The molecule has 1 aliphatic rings. The van der Waals surface area contributed by atoms with Gasteiger partial charge in [0.05, 0.1) is 25.6 Å². The van der Waals surface area contributed by atoms with E-state index >= 15 is 0 Å². The van der Waals surface area contributed by atoms with Crippen molar-refractivity contribution >= 4 is 23.3 Å². The number of nitrogens with one attached hydrogen (secondary N) is 1. The van der Waals surface area contributed by atoms with Crippen LogP contribution in [0.1, 0.15) is 23.6 Å². The molecule has 0 spiro atoms. The third-order valence-corrected chi connectivity index (χ3v) is 4.90. The molecule has 0 radical (unpaired) electrons. The summed E-state index contributed by atoms with van der Waals surface area (Å²) in [7, 11) is 3.20. The molecule has 1 aliphatic heterocycles. The van der Waals surface area contributed by atoms with E-state index in [-0.39, 0.29) is 11.8 Å². The number of hydrogen-bond acceptors (Lipinski definition) is 4. The SMILES string of the molecule is COc1ccc(OC)c(-n2cnc3c2NC(=O)C[C@H]3c2cccc(Cl)c2)c1. The van der Waals surface area contributed by atoms with Crippen molar-refractivity contribution in [3.63, 3.8) is 0 Å². The van der Waals surface area contributed by atoms with Gasteiger partial charge in [-0.2, -0.15) is 0 Å². The molecule has 0 saturated carbocycles. The fourth-order valence-electron chi connectivity index (χ4n) is 3.37. The van der Waals surface area contributed by atoms with E-state index in [4.69, 9.17) is 21.1 Å². The Bertz CT molecular complexity index is 1020. The molecule has 0 unspecified atom stereocenters. The number of aromatic nitrogens is 2. The average molecular weight is 384 g/mol. The third kappa shape index (κ3) is 3.13. The highest BCUT2D eigenvalue weighted by molar-refractivity contribution is 6.30. The number of nitrogens with zero attached hydrogens (tertiary/aromatic N) is 2. The smallest absolute Gasteiger partial charge is 0.226 e. The van der Waals surface area contributed by atoms with Gasteiger partial charge in [-0.3, -0.25) is 9.36 Å². The normalized spacial score (nSPS) is 15.8. The summed E-state index contributed by atoms with van der Waals surface area (Å²) in [5.41, 5.74) is 2.49. The molecule has 1 amide bonds. The molecule has 1 atom stereocenters. The van der Waals surface area contributed by atoms with Crippen LogP contribution in [0.2, 0.25) is 5.02 Å². The fourth-order valence-corrected chi connectivity index (χ4v) is 3.57. The van der Waals surface area contributed by atoms with Gasteiger partial charge in [-0.05, 0) is 29.8 Å². The van der Waals surface area contributed by atoms with Crippen LogP contribution in [0.4, 0.5) is 5.82 Å². The van der Waals surface area contributed by atoms with Gasteiger partial charge in [-0.15, -0.1) is 0 Å². The number of ether oxygens (including phenoxy) is 2. The van der Waals surface area contributed by atoms with Crippen LogP contribution in [0.15, 0.2) is 48.8 Å². The second kappa shape index (κ2) is 6.96. The van der Waals surface area contributed by atoms with Crippen LogP contribution in [0, 0.1) is 0 Å². The van der Waals surface area contributed by atoms with Crippen molar-refractivity contribution in [1.82, 2.24) is 9.55 Å². The molecule has 27 heavy (non-hydrogen) atoms. The number of benzene rings is 2. The summed E-state index contributed by atoms with van der Waals surface area (Å²) >= 11 is 6.15. The highest BCUT2D eigenvalue weighted by atomic mass is 35.5. The molecule has 1 N–H and O–H groups in total. The molecule has 138 valence electrons. The first kappa shape index (κ1) is 17.4. The molecule has 0 fully saturated rings. The molecule has 2 heterocycles. The van der Waals surface area contributed by atoms with Gasteiger partial charge in [0.25, 0.3) is 0 Å². The van der Waals surface area contributed by atoms with Crippen LogP contribution in [-0.2, 0) is 4.79 Å². The molecule has 4 rings (SSSR count). The van der Waals surface area contributed by atoms with Gasteiger partial charge in [0.15, 0.2) is 0 Å². The molecule has 2 aromatic carbocycles. The quantitative estimate of drug-likeness (QED) is 0.739. The summed E-state index contributed by atoms with van der Waals surface area (Å²) < 4.78 is 12.6. The van der Waals surface area contributed by atoms with Gasteiger partial charge in [-0.25, -0.2) is 4.98 Å². The lowest BCUT2D eigenvalue weighted by Crippen LogP contribution is -2.25. The number of anilines is 1. The van der Waals surface area contributed by atoms with Crippen LogP contribution < -0.4 is 14.8 Å². The Hall–Kier alpha value is -2.99. The summed E-state index contributed by atoms with van der Waals surface area (Å²) in [5.74, 6) is 1.72. The monoisotopic (exact) mass is 383 g/mol. The van der Waals surface area contributed by atoms with E-state index in [1.54, 1.807) is 20.5 Å². The van der Waals surface area contributed by atoms with Gasteiger partial charge in [0, 0.05) is 23.4 Å². The number of imidazole rings is 1. The minimum Gasteiger partial charge on any atom is -0.497 e. The maximum absolute atomic E-state index is 12.4. The number of rotatable bonds is 4. The van der Waals surface area contributed by atoms with E-state index in [2.05, 4.69) is 10.3 Å². The first-order valence-corrected chi connectivity index (χ1v) is 8.83. The van der Waals surface area contributed by atoms with Crippen molar-refractivity contribution in [3.8, 4) is 17.2 Å². The van der Waals surface area contributed by atoms with E-state index in [1.165, 1.54) is 0 Å². The third-order valence-electron chi connectivity index (χ3n) is 4.67. The zero-order valence-corrected chi connectivity index (χ0v) is 15.7. The van der Waals surface area contributed by atoms with E-state index < -0.39 is 0 Å². The van der Waals surface area contributed by atoms with E-state index in [0.29, 0.717) is 28.8 Å². The number of hydrogen-bond donors (Lipinski definition) is 1. The number of carbonyl (C=O) groups is 1. The number of fused-ring (bicyclic) bond motifs is 1. The summed E-state index contributed by atoms with van der Waals surface area (Å²) in [4.78, 5) is 17.0. The predicted molar refractivity (Wildman–Crippen MR) is 103 cm³/mol. The highest BCUT2D eigenvalue weighted by Crippen LogP contribution is 2.39. The van der Waals surface area contributed by atoms with Crippen molar-refractivity contribution in [2.45, 2.75) is 12.3 Å². The maximum Gasteiger partial charge on any atom is 0.226 e. The van der Waals surface area contributed by atoms with Crippen molar-refractivity contribution in [2.24, 2.45) is 0 Å². The Balaban J connectivity index is 1.85. The van der Waals surface area contributed by atoms with Crippen LogP contribution >= 0.6 is 11.6 Å². The first-order chi connectivity index (χ1) is 13.1. The molecule has 0 bridgehead atoms. The second-order valence-corrected chi connectivity index (χ2v) is 6.68. The fraction of sp³-hybridized carbons (Fsp3) is 0.200. The van der Waals surface area contributed by atoms with Crippen LogP contribution in [0.25, 0.3) is 5.69 Å². The molecule has 6 nitrogen and oxygen atoms in total. The lowest BCUT2D eigenvalue weighted by Gasteiger charge is -2.24. The van der Waals surface area contributed by atoms with Crippen molar-refractivity contribution in [2.75, 3.05) is 19.5 Å². The zero-order valence-electron chi connectivity index (χ0n) is 14.9. The summed E-state index contributed by atoms with van der Waals surface area (Å²) in [6.45, 7) is 0. The Morgan fingerprint density at radius 2 is 2.04 bits per heavy atom. The zero-order chi connectivity index (χ0) is 19.0. The highest BCUT2D eigenvalue weighted by Gasteiger charge is 2.31. The van der Waals surface area contributed by atoms with E-state index in [1.807, 2.05) is 47.0 Å². The van der Waals surface area contributed by atoms with Gasteiger partial charge < -0.3 is 14.8 Å². The van der Waals surface area contributed by atoms with Crippen molar-refractivity contribution in [3.05, 3.63) is 65.1 Å². The number of methoxy groups -OCH3 is 2. The van der Waals surface area contributed by atoms with Crippen LogP contribution in [-0.4, -0.2) is 29.7 Å². The topological polar surface area (TPSA) is 65.4 Å². The summed E-state index contributed by atoms with van der Waals surface area (Å²) in [6, 6.07) is 13.0. The Labute approximate surface area is 161 Å². The molecular formula is C20H18ClN3O3. The molecule has 7 heteroatoms. The lowest BCUT2D eigenvalue weighted by molar-refractivity contribution is -0.116. The van der Waals surface area contributed by atoms with Gasteiger partial charge in [-0.1, -0.05) is 23.7 Å². The Kier molecular flexibility index (Phi) is 4.49. The van der Waals surface area contributed by atoms with Gasteiger partial charge in [0.2, 0.25) is 5.91 Å². The number of amides is 1. The van der Waals surface area contributed by atoms with Gasteiger partial charge in [0.1, 0.15) is 23.6 Å². The molecule has 0 saturated heterocycles. The minimum atomic E-state index is -0.162. The summed E-state index contributed by atoms with van der Waals surface area (Å²) in [6.07, 6.45) is 2.00. The minimum absolute atomic E-state index is 0.0731.